The molecule has 2 aromatic rings. The monoisotopic (exact) mass is 301 g/mol. The largest absolute Gasteiger partial charge is 0.322 e. The Labute approximate surface area is 131 Å². The van der Waals surface area contributed by atoms with Crippen molar-refractivity contribution in [2.45, 2.75) is 26.3 Å². The van der Waals surface area contributed by atoms with Crippen LogP contribution >= 0.6 is 0 Å². The number of carbonyl (C=O) groups excluding carboxylic acids is 1. The summed E-state index contributed by atoms with van der Waals surface area (Å²) in [6.45, 7) is 4.31. The van der Waals surface area contributed by atoms with Gasteiger partial charge in [0.2, 0.25) is 5.91 Å². The molecule has 0 bridgehead atoms. The van der Waals surface area contributed by atoms with E-state index < -0.39 is 0 Å². The predicted molar refractivity (Wildman–Crippen MR) is 86.5 cm³/mol. The van der Waals surface area contributed by atoms with E-state index in [0.717, 1.165) is 23.4 Å². The van der Waals surface area contributed by atoms with E-state index in [4.69, 9.17) is 0 Å². The molecule has 2 aromatic heterocycles. The molecule has 22 heavy (non-hydrogen) atoms. The minimum Gasteiger partial charge on any atom is -0.322 e. The van der Waals surface area contributed by atoms with Crippen molar-refractivity contribution in [3.05, 3.63) is 42.0 Å². The number of nitrogens with one attached hydrogen (secondary N) is 1. The van der Waals surface area contributed by atoms with Gasteiger partial charge in [-0.2, -0.15) is 5.10 Å². The zero-order valence-electron chi connectivity index (χ0n) is 13.6. The van der Waals surface area contributed by atoms with Crippen molar-refractivity contribution in [3.8, 4) is 0 Å². The Balaban J connectivity index is 1.99. The number of hydrogen-bond acceptors (Lipinski definition) is 4. The molecule has 0 unspecified atom stereocenters. The summed E-state index contributed by atoms with van der Waals surface area (Å²) in [4.78, 5) is 18.4. The molecule has 0 saturated carbocycles. The van der Waals surface area contributed by atoms with Gasteiger partial charge < -0.3 is 5.32 Å². The summed E-state index contributed by atoms with van der Waals surface area (Å²) in [5.41, 5.74) is 2.70. The van der Waals surface area contributed by atoms with Crippen LogP contribution in [0.4, 0.5) is 5.69 Å². The summed E-state index contributed by atoms with van der Waals surface area (Å²) < 4.78 is 1.69. The van der Waals surface area contributed by atoms with Crippen LogP contribution in [0.25, 0.3) is 0 Å². The van der Waals surface area contributed by atoms with Crippen LogP contribution < -0.4 is 5.32 Å². The van der Waals surface area contributed by atoms with E-state index in [9.17, 15) is 4.79 Å². The van der Waals surface area contributed by atoms with Crippen molar-refractivity contribution >= 4 is 11.6 Å². The van der Waals surface area contributed by atoms with E-state index in [1.807, 2.05) is 50.4 Å². The minimum absolute atomic E-state index is 0.0408. The maximum atomic E-state index is 12.2. The highest BCUT2D eigenvalue weighted by Crippen LogP contribution is 2.21. The molecule has 0 radical (unpaired) electrons. The van der Waals surface area contributed by atoms with Gasteiger partial charge in [0.05, 0.1) is 17.9 Å². The van der Waals surface area contributed by atoms with Crippen LogP contribution in [0.15, 0.2) is 30.7 Å². The number of hydrogen-bond donors (Lipinski definition) is 1. The number of rotatable bonds is 6. The first-order valence-corrected chi connectivity index (χ1v) is 7.41. The maximum Gasteiger partial charge on any atom is 0.238 e. The first kappa shape index (κ1) is 16.2. The van der Waals surface area contributed by atoms with Crippen LogP contribution in [0, 0.1) is 6.92 Å². The van der Waals surface area contributed by atoms with Gasteiger partial charge in [-0.1, -0.05) is 13.0 Å². The molecule has 0 aromatic carbocycles. The number of amides is 1. The fourth-order valence-corrected chi connectivity index (χ4v) is 2.62. The molecule has 0 aliphatic carbocycles. The molecule has 0 aliphatic heterocycles. The highest BCUT2D eigenvalue weighted by Gasteiger charge is 2.18. The van der Waals surface area contributed by atoms with Gasteiger partial charge in [-0.15, -0.1) is 0 Å². The number of aryl methyl sites for hydroxylation is 2. The van der Waals surface area contributed by atoms with Gasteiger partial charge in [-0.05, 0) is 32.0 Å². The Bertz CT molecular complexity index is 623. The van der Waals surface area contributed by atoms with E-state index in [2.05, 4.69) is 22.3 Å². The standard InChI is InChI=1S/C16H23N5O/c1-5-15(13-7-6-8-17-9-13)20(3)11-16(22)18-14-10-21(4)19-12(14)2/h6-10,15H,5,11H2,1-4H3,(H,18,22)/t15-/m0/s1. The Hall–Kier alpha value is -2.21. The van der Waals surface area contributed by atoms with Gasteiger partial charge in [0.25, 0.3) is 0 Å². The zero-order chi connectivity index (χ0) is 16.1. The van der Waals surface area contributed by atoms with Crippen LogP contribution in [-0.2, 0) is 11.8 Å². The van der Waals surface area contributed by atoms with Crippen molar-refractivity contribution in [1.29, 1.82) is 0 Å². The Kier molecular flexibility index (Phi) is 5.27. The predicted octanol–water partition coefficient (Wildman–Crippen LogP) is 2.15. The topological polar surface area (TPSA) is 63.1 Å². The number of anilines is 1. The van der Waals surface area contributed by atoms with E-state index >= 15 is 0 Å². The molecule has 0 aliphatic rings. The lowest BCUT2D eigenvalue weighted by molar-refractivity contribution is -0.117. The minimum atomic E-state index is -0.0408. The smallest absolute Gasteiger partial charge is 0.238 e. The lowest BCUT2D eigenvalue weighted by Gasteiger charge is -2.26. The molecule has 2 heterocycles. The van der Waals surface area contributed by atoms with Crippen molar-refractivity contribution in [3.63, 3.8) is 0 Å². The Morgan fingerprint density at radius 1 is 1.50 bits per heavy atom. The molecule has 0 saturated heterocycles. The highest BCUT2D eigenvalue weighted by molar-refractivity contribution is 5.92. The Morgan fingerprint density at radius 3 is 2.82 bits per heavy atom. The second kappa shape index (κ2) is 7.17. The van der Waals surface area contributed by atoms with Gasteiger partial charge in [0.1, 0.15) is 0 Å². The maximum absolute atomic E-state index is 12.2. The van der Waals surface area contributed by atoms with Gasteiger partial charge >= 0.3 is 0 Å². The average molecular weight is 301 g/mol. The van der Waals surface area contributed by atoms with Crippen molar-refractivity contribution in [2.24, 2.45) is 7.05 Å². The second-order valence-electron chi connectivity index (χ2n) is 5.48. The van der Waals surface area contributed by atoms with Crippen LogP contribution in [0.5, 0.6) is 0 Å². The molecule has 2 rings (SSSR count). The number of pyridine rings is 1. The lowest BCUT2D eigenvalue weighted by Crippen LogP contribution is -2.33. The SMILES string of the molecule is CC[C@@H](c1cccnc1)N(C)CC(=O)Nc1cn(C)nc1C. The van der Waals surface area contributed by atoms with E-state index in [1.54, 1.807) is 10.9 Å². The molecule has 0 spiro atoms. The molecule has 1 N–H and O–H groups in total. The lowest BCUT2D eigenvalue weighted by atomic mass is 10.1. The Morgan fingerprint density at radius 2 is 2.27 bits per heavy atom. The van der Waals surface area contributed by atoms with Gasteiger partial charge in [0, 0.05) is 31.7 Å². The molecule has 0 fully saturated rings. The van der Waals surface area contributed by atoms with Crippen LogP contribution in [0.3, 0.4) is 0 Å². The number of likely N-dealkylation sites (N-methyl/N-ethyl adjacent to an activating group) is 1. The van der Waals surface area contributed by atoms with Crippen molar-refractivity contribution < 1.29 is 4.79 Å². The van der Waals surface area contributed by atoms with Crippen LogP contribution in [0.1, 0.15) is 30.6 Å². The summed E-state index contributed by atoms with van der Waals surface area (Å²) in [6, 6.07) is 4.14. The third-order valence-corrected chi connectivity index (χ3v) is 3.67. The number of nitrogens with zero attached hydrogens (tertiary/aromatic N) is 4. The average Bonchev–Trinajstić information content (AvgIpc) is 2.78. The van der Waals surface area contributed by atoms with Crippen LogP contribution in [-0.4, -0.2) is 39.2 Å². The molecule has 6 nitrogen and oxygen atoms in total. The molecular formula is C16H23N5O. The quantitative estimate of drug-likeness (QED) is 0.888. The van der Waals surface area contributed by atoms with E-state index in [0.29, 0.717) is 6.54 Å². The summed E-state index contributed by atoms with van der Waals surface area (Å²) in [5, 5.41) is 7.14. The fourth-order valence-electron chi connectivity index (χ4n) is 2.62. The summed E-state index contributed by atoms with van der Waals surface area (Å²) in [7, 11) is 3.79. The summed E-state index contributed by atoms with van der Waals surface area (Å²) in [5.74, 6) is -0.0408. The first-order valence-electron chi connectivity index (χ1n) is 7.41. The third-order valence-electron chi connectivity index (χ3n) is 3.67. The molecule has 6 heteroatoms. The van der Waals surface area contributed by atoms with Gasteiger partial charge in [-0.25, -0.2) is 0 Å². The third kappa shape index (κ3) is 3.92. The molecule has 118 valence electrons. The van der Waals surface area contributed by atoms with Gasteiger partial charge in [-0.3, -0.25) is 19.4 Å². The van der Waals surface area contributed by atoms with Crippen molar-refractivity contribution in [1.82, 2.24) is 19.7 Å². The highest BCUT2D eigenvalue weighted by atomic mass is 16.2. The number of carbonyl (C=O) groups is 1. The van der Waals surface area contributed by atoms with Crippen molar-refractivity contribution in [2.75, 3.05) is 18.9 Å². The van der Waals surface area contributed by atoms with Crippen LogP contribution in [0.2, 0.25) is 0 Å². The summed E-state index contributed by atoms with van der Waals surface area (Å²) in [6.07, 6.45) is 6.34. The normalized spacial score (nSPS) is 12.4. The zero-order valence-corrected chi connectivity index (χ0v) is 13.6. The molecule has 1 atom stereocenters. The number of aromatic nitrogens is 3. The first-order chi connectivity index (χ1) is 10.5. The van der Waals surface area contributed by atoms with E-state index in [1.165, 1.54) is 0 Å². The summed E-state index contributed by atoms with van der Waals surface area (Å²) >= 11 is 0. The van der Waals surface area contributed by atoms with E-state index in [-0.39, 0.29) is 11.9 Å². The van der Waals surface area contributed by atoms with Gasteiger partial charge in [0.15, 0.2) is 0 Å². The second-order valence-corrected chi connectivity index (χ2v) is 5.48. The molecular weight excluding hydrogens is 278 g/mol. The molecule has 1 amide bonds. The fraction of sp³-hybridized carbons (Fsp3) is 0.438.